The number of nitrogens with two attached hydrogens (primary N) is 1. The van der Waals surface area contributed by atoms with E-state index in [0.717, 1.165) is 12.8 Å². The minimum atomic E-state index is -0.248. The Morgan fingerprint density at radius 3 is 2.70 bits per heavy atom. The first-order chi connectivity index (χ1) is 12.6. The summed E-state index contributed by atoms with van der Waals surface area (Å²) in [5, 5.41) is 2.83. The second-order valence-electron chi connectivity index (χ2n) is 6.24. The fraction of sp³-hybridized carbons (Fsp3) is 0.316. The predicted octanol–water partition coefficient (Wildman–Crippen LogP) is 2.34. The molecule has 1 saturated heterocycles. The largest absolute Gasteiger partial charge is 0.484 e. The molecule has 2 aromatic rings. The third-order valence-corrected chi connectivity index (χ3v) is 4.30. The van der Waals surface area contributed by atoms with E-state index < -0.39 is 0 Å². The van der Waals surface area contributed by atoms with Gasteiger partial charge in [0.25, 0.3) is 5.91 Å². The zero-order valence-corrected chi connectivity index (χ0v) is 15.7. The lowest BCUT2D eigenvalue weighted by Gasteiger charge is -2.32. The highest BCUT2D eigenvalue weighted by molar-refractivity contribution is 5.93. The number of hydrogen-bond acceptors (Lipinski definition) is 5. The van der Waals surface area contributed by atoms with Crippen molar-refractivity contribution >= 4 is 35.7 Å². The summed E-state index contributed by atoms with van der Waals surface area (Å²) >= 11 is 0. The van der Waals surface area contributed by atoms with Crippen molar-refractivity contribution in [3.05, 3.63) is 48.7 Å². The lowest BCUT2D eigenvalue weighted by Crippen LogP contribution is -2.45. The monoisotopic (exact) mass is 390 g/mol. The number of nitrogen functional groups attached to an aromatic ring is 1. The Labute approximate surface area is 164 Å². The zero-order chi connectivity index (χ0) is 18.4. The van der Waals surface area contributed by atoms with Crippen molar-refractivity contribution in [1.82, 2.24) is 9.88 Å². The number of halogens is 1. The van der Waals surface area contributed by atoms with E-state index >= 15 is 0 Å². The van der Waals surface area contributed by atoms with Gasteiger partial charge in [-0.1, -0.05) is 18.2 Å². The molecule has 8 heteroatoms. The molecule has 3 N–H and O–H groups in total. The van der Waals surface area contributed by atoms with Gasteiger partial charge in [-0.25, -0.2) is 4.98 Å². The third-order valence-electron chi connectivity index (χ3n) is 4.30. The number of nitrogens with zero attached hydrogens (tertiary/aromatic N) is 2. The van der Waals surface area contributed by atoms with Crippen molar-refractivity contribution in [3.63, 3.8) is 0 Å². The average molecular weight is 391 g/mol. The van der Waals surface area contributed by atoms with Gasteiger partial charge in [0.05, 0.1) is 17.8 Å². The summed E-state index contributed by atoms with van der Waals surface area (Å²) < 4.78 is 5.51. The number of hydrogen-bond donors (Lipinski definition) is 2. The number of pyridine rings is 1. The van der Waals surface area contributed by atoms with Crippen molar-refractivity contribution in [2.75, 3.05) is 30.7 Å². The minimum Gasteiger partial charge on any atom is -0.484 e. The number of piperidine rings is 1. The van der Waals surface area contributed by atoms with Gasteiger partial charge >= 0.3 is 0 Å². The number of aromatic nitrogens is 1. The molecule has 0 spiro atoms. The number of amides is 2. The van der Waals surface area contributed by atoms with Gasteiger partial charge in [-0.2, -0.15) is 0 Å². The van der Waals surface area contributed by atoms with Crippen LogP contribution in [0.2, 0.25) is 0 Å². The normalized spacial score (nSPS) is 16.1. The van der Waals surface area contributed by atoms with E-state index in [9.17, 15) is 9.59 Å². The maximum absolute atomic E-state index is 12.5. The molecule has 144 valence electrons. The van der Waals surface area contributed by atoms with E-state index in [1.54, 1.807) is 29.2 Å². The van der Waals surface area contributed by atoms with Crippen LogP contribution in [-0.2, 0) is 9.59 Å². The molecule has 7 nitrogen and oxygen atoms in total. The second kappa shape index (κ2) is 9.78. The van der Waals surface area contributed by atoms with Crippen molar-refractivity contribution in [2.45, 2.75) is 12.8 Å². The van der Waals surface area contributed by atoms with Crippen LogP contribution in [0.15, 0.2) is 48.7 Å². The van der Waals surface area contributed by atoms with Crippen LogP contribution < -0.4 is 15.8 Å². The summed E-state index contributed by atoms with van der Waals surface area (Å²) in [5.74, 6) is 0.583. The van der Waals surface area contributed by atoms with Crippen molar-refractivity contribution in [1.29, 1.82) is 0 Å². The summed E-state index contributed by atoms with van der Waals surface area (Å²) in [5.41, 5.74) is 6.14. The smallest absolute Gasteiger partial charge is 0.260 e. The SMILES string of the molecule is Cl.Nc1ccc(NC(=O)C2CCCN(C(=O)COc3ccccc3)C2)cn1. The topological polar surface area (TPSA) is 97.6 Å². The van der Waals surface area contributed by atoms with Crippen LogP contribution in [0.5, 0.6) is 5.75 Å². The van der Waals surface area contributed by atoms with Gasteiger partial charge in [-0.05, 0) is 37.1 Å². The maximum atomic E-state index is 12.5. The average Bonchev–Trinajstić information content (AvgIpc) is 2.69. The number of anilines is 2. The second-order valence-corrected chi connectivity index (χ2v) is 6.24. The Morgan fingerprint density at radius 1 is 1.22 bits per heavy atom. The summed E-state index contributed by atoms with van der Waals surface area (Å²) in [7, 11) is 0. The number of rotatable bonds is 5. The van der Waals surface area contributed by atoms with Gasteiger partial charge in [0, 0.05) is 13.1 Å². The molecular formula is C19H23ClN4O3. The molecule has 3 rings (SSSR count). The summed E-state index contributed by atoms with van der Waals surface area (Å²) in [6.45, 7) is 1.01. The van der Waals surface area contributed by atoms with Crippen molar-refractivity contribution < 1.29 is 14.3 Å². The molecule has 1 aromatic heterocycles. The molecule has 1 aliphatic rings. The fourth-order valence-corrected chi connectivity index (χ4v) is 2.89. The van der Waals surface area contributed by atoms with Crippen LogP contribution in [0.4, 0.5) is 11.5 Å². The van der Waals surface area contributed by atoms with Crippen LogP contribution in [0.1, 0.15) is 12.8 Å². The number of carbonyl (C=O) groups is 2. The standard InChI is InChI=1S/C19H22N4O3.ClH/c20-17-9-8-15(11-21-17)22-19(25)14-5-4-10-23(12-14)18(24)13-26-16-6-2-1-3-7-16;/h1-3,6-9,11,14H,4-5,10,12-13H2,(H2,20,21)(H,22,25);1H. The maximum Gasteiger partial charge on any atom is 0.260 e. The van der Waals surface area contributed by atoms with Crippen LogP contribution >= 0.6 is 12.4 Å². The highest BCUT2D eigenvalue weighted by Gasteiger charge is 2.28. The first-order valence-corrected chi connectivity index (χ1v) is 8.60. The molecule has 2 heterocycles. The molecule has 1 fully saturated rings. The van der Waals surface area contributed by atoms with Gasteiger partial charge in [0.15, 0.2) is 6.61 Å². The molecule has 1 atom stereocenters. The molecular weight excluding hydrogens is 368 g/mol. The highest BCUT2D eigenvalue weighted by Crippen LogP contribution is 2.19. The van der Waals surface area contributed by atoms with Crippen LogP contribution in [0.25, 0.3) is 0 Å². The lowest BCUT2D eigenvalue weighted by atomic mass is 9.97. The van der Waals surface area contributed by atoms with Crippen molar-refractivity contribution in [2.24, 2.45) is 5.92 Å². The Morgan fingerprint density at radius 2 is 2.00 bits per heavy atom. The number of ether oxygens (including phenoxy) is 1. The Bertz CT molecular complexity index is 755. The zero-order valence-electron chi connectivity index (χ0n) is 14.8. The van der Waals surface area contributed by atoms with E-state index in [1.807, 2.05) is 18.2 Å². The lowest BCUT2D eigenvalue weighted by molar-refractivity contribution is -0.136. The van der Waals surface area contributed by atoms with E-state index in [-0.39, 0.29) is 36.7 Å². The van der Waals surface area contributed by atoms with E-state index in [4.69, 9.17) is 10.5 Å². The molecule has 2 amide bonds. The molecule has 1 aliphatic heterocycles. The molecule has 0 saturated carbocycles. The molecule has 1 aromatic carbocycles. The number of likely N-dealkylation sites (tertiary alicyclic amines) is 1. The predicted molar refractivity (Wildman–Crippen MR) is 106 cm³/mol. The van der Waals surface area contributed by atoms with Gasteiger partial charge in [-0.15, -0.1) is 12.4 Å². The van der Waals surface area contributed by atoms with Gasteiger partial charge in [0.2, 0.25) is 5.91 Å². The minimum absolute atomic E-state index is 0. The number of para-hydroxylation sites is 1. The van der Waals surface area contributed by atoms with Gasteiger partial charge in [-0.3, -0.25) is 9.59 Å². The molecule has 0 aliphatic carbocycles. The highest BCUT2D eigenvalue weighted by atomic mass is 35.5. The molecule has 1 unspecified atom stereocenters. The van der Waals surface area contributed by atoms with Gasteiger partial charge < -0.3 is 20.7 Å². The summed E-state index contributed by atoms with van der Waals surface area (Å²) in [4.78, 5) is 30.5. The van der Waals surface area contributed by atoms with E-state index in [1.165, 1.54) is 6.20 Å². The first kappa shape index (κ1) is 20.5. The van der Waals surface area contributed by atoms with Crippen LogP contribution in [0, 0.1) is 5.92 Å². The molecule has 27 heavy (non-hydrogen) atoms. The molecule has 0 bridgehead atoms. The quantitative estimate of drug-likeness (QED) is 0.816. The fourth-order valence-electron chi connectivity index (χ4n) is 2.89. The summed E-state index contributed by atoms with van der Waals surface area (Å²) in [6.07, 6.45) is 3.05. The summed E-state index contributed by atoms with van der Waals surface area (Å²) in [6, 6.07) is 12.5. The van der Waals surface area contributed by atoms with E-state index in [0.29, 0.717) is 30.3 Å². The van der Waals surface area contributed by atoms with Gasteiger partial charge in [0.1, 0.15) is 11.6 Å². The number of nitrogens with one attached hydrogen (secondary N) is 1. The Hall–Kier alpha value is -2.80. The van der Waals surface area contributed by atoms with Crippen molar-refractivity contribution in [3.8, 4) is 5.75 Å². The number of carbonyl (C=O) groups excluding carboxylic acids is 2. The third kappa shape index (κ3) is 5.86. The molecule has 0 radical (unpaired) electrons. The Balaban J connectivity index is 0.00000261. The number of benzene rings is 1. The Kier molecular flexibility index (Phi) is 7.43. The van der Waals surface area contributed by atoms with Crippen LogP contribution in [0.3, 0.4) is 0 Å². The van der Waals surface area contributed by atoms with E-state index in [2.05, 4.69) is 10.3 Å². The van der Waals surface area contributed by atoms with Crippen LogP contribution in [-0.4, -0.2) is 41.4 Å². The first-order valence-electron chi connectivity index (χ1n) is 8.60.